The van der Waals surface area contributed by atoms with Crippen molar-refractivity contribution in [3.63, 3.8) is 0 Å². The molecule has 0 aromatic heterocycles. The number of amides is 3. The predicted molar refractivity (Wildman–Crippen MR) is 96.6 cm³/mol. The SMILES string of the molecule is CN(C)C(=O)C1CCN(C(=O)NCCc2cc(Cl)cc(Cl)c2)CC1. The first-order valence-corrected chi connectivity index (χ1v) is 8.81. The van der Waals surface area contributed by atoms with Crippen LogP contribution in [-0.4, -0.2) is 55.5 Å². The summed E-state index contributed by atoms with van der Waals surface area (Å²) in [6.45, 7) is 1.74. The highest BCUT2D eigenvalue weighted by atomic mass is 35.5. The molecule has 1 N–H and O–H groups in total. The second kappa shape index (κ2) is 8.58. The van der Waals surface area contributed by atoms with E-state index in [0.29, 0.717) is 48.9 Å². The molecule has 24 heavy (non-hydrogen) atoms. The first kappa shape index (κ1) is 18.9. The normalized spacial score (nSPS) is 15.2. The first-order valence-electron chi connectivity index (χ1n) is 8.05. The van der Waals surface area contributed by atoms with Crippen LogP contribution >= 0.6 is 23.2 Å². The summed E-state index contributed by atoms with van der Waals surface area (Å²) in [6, 6.07) is 5.29. The van der Waals surface area contributed by atoms with Crippen molar-refractivity contribution >= 4 is 35.1 Å². The number of carbonyl (C=O) groups is 2. The number of likely N-dealkylation sites (tertiary alicyclic amines) is 1. The highest BCUT2D eigenvalue weighted by molar-refractivity contribution is 6.34. The average molecular weight is 372 g/mol. The van der Waals surface area contributed by atoms with Gasteiger partial charge in [0.2, 0.25) is 5.91 Å². The molecule has 0 aliphatic carbocycles. The molecular weight excluding hydrogens is 349 g/mol. The Morgan fingerprint density at radius 3 is 2.29 bits per heavy atom. The summed E-state index contributed by atoms with van der Waals surface area (Å²) in [7, 11) is 3.53. The minimum atomic E-state index is -0.0844. The number of halogens is 2. The smallest absolute Gasteiger partial charge is 0.317 e. The quantitative estimate of drug-likeness (QED) is 0.883. The lowest BCUT2D eigenvalue weighted by atomic mass is 9.96. The van der Waals surface area contributed by atoms with Gasteiger partial charge in [-0.15, -0.1) is 0 Å². The maximum absolute atomic E-state index is 12.2. The summed E-state index contributed by atoms with van der Waals surface area (Å²) in [5, 5.41) is 4.10. The molecule has 0 saturated carbocycles. The molecule has 0 radical (unpaired) electrons. The van der Waals surface area contributed by atoms with Gasteiger partial charge in [0.25, 0.3) is 0 Å². The van der Waals surface area contributed by atoms with Crippen LogP contribution < -0.4 is 5.32 Å². The standard InChI is InChI=1S/C17H23Cl2N3O2/c1-21(2)16(23)13-4-7-22(8-5-13)17(24)20-6-3-12-9-14(18)11-15(19)10-12/h9-11,13H,3-8H2,1-2H3,(H,20,24). The van der Waals surface area contributed by atoms with Crippen LogP contribution in [-0.2, 0) is 11.2 Å². The van der Waals surface area contributed by atoms with Crippen molar-refractivity contribution in [1.82, 2.24) is 15.1 Å². The number of hydrogen-bond donors (Lipinski definition) is 1. The van der Waals surface area contributed by atoms with Crippen molar-refractivity contribution in [2.24, 2.45) is 5.92 Å². The van der Waals surface area contributed by atoms with Crippen molar-refractivity contribution in [2.45, 2.75) is 19.3 Å². The van der Waals surface area contributed by atoms with Crippen LogP contribution in [0.15, 0.2) is 18.2 Å². The minimum Gasteiger partial charge on any atom is -0.349 e. The molecule has 1 aliphatic heterocycles. The largest absolute Gasteiger partial charge is 0.349 e. The molecule has 1 aromatic carbocycles. The van der Waals surface area contributed by atoms with Gasteiger partial charge in [-0.1, -0.05) is 23.2 Å². The van der Waals surface area contributed by atoms with Crippen molar-refractivity contribution in [3.05, 3.63) is 33.8 Å². The van der Waals surface area contributed by atoms with Gasteiger partial charge in [-0.05, 0) is 43.0 Å². The van der Waals surface area contributed by atoms with Gasteiger partial charge in [0, 0.05) is 49.7 Å². The molecule has 7 heteroatoms. The fourth-order valence-corrected chi connectivity index (χ4v) is 3.45. The minimum absolute atomic E-state index is 0.0256. The molecule has 2 rings (SSSR count). The molecule has 1 fully saturated rings. The van der Waals surface area contributed by atoms with E-state index in [1.807, 2.05) is 12.1 Å². The van der Waals surface area contributed by atoms with E-state index in [9.17, 15) is 9.59 Å². The number of nitrogens with zero attached hydrogens (tertiary/aromatic N) is 2. The Morgan fingerprint density at radius 2 is 1.75 bits per heavy atom. The van der Waals surface area contributed by atoms with E-state index < -0.39 is 0 Å². The third-order valence-electron chi connectivity index (χ3n) is 4.18. The van der Waals surface area contributed by atoms with Crippen LogP contribution in [0.5, 0.6) is 0 Å². The van der Waals surface area contributed by atoms with Crippen LogP contribution in [0, 0.1) is 5.92 Å². The number of benzene rings is 1. The third kappa shape index (κ3) is 5.28. The number of rotatable bonds is 4. The number of hydrogen-bond acceptors (Lipinski definition) is 2. The Morgan fingerprint density at radius 1 is 1.17 bits per heavy atom. The fourth-order valence-electron chi connectivity index (χ4n) is 2.88. The Labute approximate surface area is 152 Å². The zero-order valence-corrected chi connectivity index (χ0v) is 15.5. The van der Waals surface area contributed by atoms with Crippen LogP contribution in [0.2, 0.25) is 10.0 Å². The Hall–Kier alpha value is -1.46. The molecule has 0 bridgehead atoms. The van der Waals surface area contributed by atoms with Crippen LogP contribution in [0.25, 0.3) is 0 Å². The highest BCUT2D eigenvalue weighted by Gasteiger charge is 2.27. The van der Waals surface area contributed by atoms with Gasteiger partial charge < -0.3 is 15.1 Å². The molecule has 0 unspecified atom stereocenters. The van der Waals surface area contributed by atoms with Crippen LogP contribution in [0.1, 0.15) is 18.4 Å². The van der Waals surface area contributed by atoms with Crippen LogP contribution in [0.4, 0.5) is 4.79 Å². The second-order valence-corrected chi connectivity index (χ2v) is 7.13. The van der Waals surface area contributed by atoms with E-state index >= 15 is 0 Å². The number of urea groups is 1. The molecule has 5 nitrogen and oxygen atoms in total. The number of carbonyl (C=O) groups excluding carboxylic acids is 2. The van der Waals surface area contributed by atoms with E-state index in [-0.39, 0.29) is 17.9 Å². The maximum atomic E-state index is 12.2. The molecular formula is C17H23Cl2N3O2. The van der Waals surface area contributed by atoms with E-state index in [4.69, 9.17) is 23.2 Å². The molecule has 1 aliphatic rings. The molecule has 1 aromatic rings. The van der Waals surface area contributed by atoms with E-state index in [1.165, 1.54) is 0 Å². The zero-order chi connectivity index (χ0) is 17.7. The van der Waals surface area contributed by atoms with Gasteiger partial charge in [0.1, 0.15) is 0 Å². The van der Waals surface area contributed by atoms with E-state index in [1.54, 1.807) is 30.0 Å². The molecule has 3 amide bonds. The lowest BCUT2D eigenvalue weighted by Crippen LogP contribution is -2.47. The highest BCUT2D eigenvalue weighted by Crippen LogP contribution is 2.20. The summed E-state index contributed by atoms with van der Waals surface area (Å²) >= 11 is 11.9. The van der Waals surface area contributed by atoms with Gasteiger partial charge in [-0.3, -0.25) is 4.79 Å². The van der Waals surface area contributed by atoms with Gasteiger partial charge in [0.05, 0.1) is 0 Å². The summed E-state index contributed by atoms with van der Waals surface area (Å²) in [5.41, 5.74) is 0.989. The first-order chi connectivity index (χ1) is 11.4. The third-order valence-corrected chi connectivity index (χ3v) is 4.62. The van der Waals surface area contributed by atoms with Crippen molar-refractivity contribution in [1.29, 1.82) is 0 Å². The Bertz CT molecular complexity index is 579. The average Bonchev–Trinajstić information content (AvgIpc) is 2.53. The number of nitrogens with one attached hydrogen (secondary N) is 1. The molecule has 1 saturated heterocycles. The summed E-state index contributed by atoms with van der Waals surface area (Å²) < 4.78 is 0. The summed E-state index contributed by atoms with van der Waals surface area (Å²) in [6.07, 6.45) is 2.10. The van der Waals surface area contributed by atoms with E-state index in [2.05, 4.69) is 5.32 Å². The Balaban J connectivity index is 1.75. The number of piperidine rings is 1. The van der Waals surface area contributed by atoms with Crippen molar-refractivity contribution in [2.75, 3.05) is 33.7 Å². The summed E-state index contributed by atoms with van der Waals surface area (Å²) in [5.74, 6) is 0.172. The van der Waals surface area contributed by atoms with Gasteiger partial charge in [0.15, 0.2) is 0 Å². The second-order valence-electron chi connectivity index (χ2n) is 6.25. The van der Waals surface area contributed by atoms with Crippen LogP contribution in [0.3, 0.4) is 0 Å². The Kier molecular flexibility index (Phi) is 6.75. The predicted octanol–water partition coefficient (Wildman–Crippen LogP) is 3.05. The maximum Gasteiger partial charge on any atom is 0.317 e. The van der Waals surface area contributed by atoms with Crippen molar-refractivity contribution in [3.8, 4) is 0 Å². The lowest BCUT2D eigenvalue weighted by Gasteiger charge is -2.32. The molecule has 1 heterocycles. The van der Waals surface area contributed by atoms with Gasteiger partial charge >= 0.3 is 6.03 Å². The molecule has 0 atom stereocenters. The summed E-state index contributed by atoms with van der Waals surface area (Å²) in [4.78, 5) is 27.5. The monoisotopic (exact) mass is 371 g/mol. The topological polar surface area (TPSA) is 52.7 Å². The lowest BCUT2D eigenvalue weighted by molar-refractivity contribution is -0.134. The zero-order valence-electron chi connectivity index (χ0n) is 14.0. The van der Waals surface area contributed by atoms with E-state index in [0.717, 1.165) is 5.56 Å². The van der Waals surface area contributed by atoms with Gasteiger partial charge in [-0.2, -0.15) is 0 Å². The fraction of sp³-hybridized carbons (Fsp3) is 0.529. The van der Waals surface area contributed by atoms with Crippen molar-refractivity contribution < 1.29 is 9.59 Å². The molecule has 132 valence electrons. The van der Waals surface area contributed by atoms with Gasteiger partial charge in [-0.25, -0.2) is 4.79 Å². The molecule has 0 spiro atoms.